The highest BCUT2D eigenvalue weighted by Gasteiger charge is 2.22. The molecule has 25 heavy (non-hydrogen) atoms. The van der Waals surface area contributed by atoms with Crippen molar-refractivity contribution in [3.63, 3.8) is 0 Å². The molecule has 3 nitrogen and oxygen atoms in total. The molecule has 0 saturated carbocycles. The Hall–Kier alpha value is -1.91. The summed E-state index contributed by atoms with van der Waals surface area (Å²) in [6.07, 6.45) is 3.86. The van der Waals surface area contributed by atoms with E-state index in [1.165, 1.54) is 36.1 Å². The molecule has 0 aromatic heterocycles. The minimum atomic E-state index is -0.218. The summed E-state index contributed by atoms with van der Waals surface area (Å²) in [6.45, 7) is 4.50. The molecule has 0 radical (unpaired) electrons. The first kappa shape index (κ1) is 16.6. The minimum Gasteiger partial charge on any atom is -0.489 e. The van der Waals surface area contributed by atoms with Gasteiger partial charge in [0.25, 0.3) is 0 Å². The largest absolute Gasteiger partial charge is 0.489 e. The van der Waals surface area contributed by atoms with Crippen molar-refractivity contribution in [2.75, 3.05) is 19.7 Å². The lowest BCUT2D eigenvalue weighted by molar-refractivity contribution is 0.0687. The summed E-state index contributed by atoms with van der Waals surface area (Å²) in [5.74, 6) is 0.667. The highest BCUT2D eigenvalue weighted by atomic mass is 19.1. The Kier molecular flexibility index (Phi) is 4.99. The van der Waals surface area contributed by atoms with Gasteiger partial charge in [-0.25, -0.2) is 4.39 Å². The molecular formula is C21H24FNO2. The van der Waals surface area contributed by atoms with Crippen molar-refractivity contribution < 1.29 is 13.9 Å². The second-order valence-electron chi connectivity index (χ2n) is 6.97. The van der Waals surface area contributed by atoms with E-state index in [-0.39, 0.29) is 5.82 Å². The Morgan fingerprint density at radius 2 is 2.00 bits per heavy atom. The average Bonchev–Trinajstić information content (AvgIpc) is 3.14. The van der Waals surface area contributed by atoms with Crippen LogP contribution in [0.1, 0.15) is 29.5 Å². The number of ether oxygens (including phenoxy) is 2. The molecule has 0 N–H and O–H groups in total. The van der Waals surface area contributed by atoms with Crippen molar-refractivity contribution in [2.45, 2.75) is 38.5 Å². The molecule has 0 bridgehead atoms. The molecule has 0 spiro atoms. The van der Waals surface area contributed by atoms with Crippen LogP contribution >= 0.6 is 0 Å². The third kappa shape index (κ3) is 4.20. The molecule has 2 aromatic rings. The molecule has 0 amide bonds. The molecule has 1 saturated heterocycles. The summed E-state index contributed by atoms with van der Waals surface area (Å²) in [5.41, 5.74) is 3.74. The van der Waals surface area contributed by atoms with E-state index in [1.807, 2.05) is 6.07 Å². The minimum absolute atomic E-state index is 0.218. The predicted molar refractivity (Wildman–Crippen MR) is 95.1 cm³/mol. The molecule has 1 unspecified atom stereocenters. The summed E-state index contributed by atoms with van der Waals surface area (Å²) in [6, 6.07) is 12.8. The van der Waals surface area contributed by atoms with Gasteiger partial charge >= 0.3 is 0 Å². The smallest absolute Gasteiger partial charge is 0.123 e. The van der Waals surface area contributed by atoms with Crippen molar-refractivity contribution in [1.82, 2.24) is 4.90 Å². The van der Waals surface area contributed by atoms with Crippen molar-refractivity contribution >= 4 is 0 Å². The fourth-order valence-corrected chi connectivity index (χ4v) is 3.66. The summed E-state index contributed by atoms with van der Waals surface area (Å²) < 4.78 is 24.6. The fraction of sp³-hybridized carbons (Fsp3) is 0.429. The number of hydrogen-bond acceptors (Lipinski definition) is 3. The van der Waals surface area contributed by atoms with Crippen LogP contribution in [0.2, 0.25) is 0 Å². The average molecular weight is 341 g/mol. The van der Waals surface area contributed by atoms with Crippen LogP contribution in [0.5, 0.6) is 5.75 Å². The first-order valence-corrected chi connectivity index (χ1v) is 9.09. The van der Waals surface area contributed by atoms with Gasteiger partial charge in [0.1, 0.15) is 18.2 Å². The van der Waals surface area contributed by atoms with Gasteiger partial charge < -0.3 is 9.47 Å². The lowest BCUT2D eigenvalue weighted by Gasteiger charge is -2.30. The molecule has 2 aliphatic rings. The van der Waals surface area contributed by atoms with E-state index in [4.69, 9.17) is 9.47 Å². The molecule has 2 aromatic carbocycles. The molecule has 1 atom stereocenters. The van der Waals surface area contributed by atoms with Crippen LogP contribution in [-0.4, -0.2) is 30.7 Å². The van der Waals surface area contributed by atoms with Gasteiger partial charge in [0.15, 0.2) is 0 Å². The van der Waals surface area contributed by atoms with E-state index >= 15 is 0 Å². The fourth-order valence-electron chi connectivity index (χ4n) is 3.66. The van der Waals surface area contributed by atoms with E-state index in [0.717, 1.165) is 44.0 Å². The Bertz CT molecular complexity index is 710. The zero-order chi connectivity index (χ0) is 17.1. The molecule has 4 rings (SSSR count). The van der Waals surface area contributed by atoms with Crippen molar-refractivity contribution in [1.29, 1.82) is 0 Å². The maximum absolute atomic E-state index is 12.9. The van der Waals surface area contributed by atoms with Crippen molar-refractivity contribution in [2.24, 2.45) is 0 Å². The second kappa shape index (κ2) is 7.54. The van der Waals surface area contributed by atoms with E-state index in [0.29, 0.717) is 12.7 Å². The third-order valence-electron chi connectivity index (χ3n) is 5.07. The SMILES string of the molecule is Fc1ccc(COc2ccc3c(c2)CCN(CC2CCCO2)C3)cc1. The highest BCUT2D eigenvalue weighted by molar-refractivity contribution is 5.37. The topological polar surface area (TPSA) is 21.7 Å². The van der Waals surface area contributed by atoms with Crippen molar-refractivity contribution in [3.8, 4) is 5.75 Å². The maximum atomic E-state index is 12.9. The van der Waals surface area contributed by atoms with E-state index in [2.05, 4.69) is 17.0 Å². The number of hydrogen-bond donors (Lipinski definition) is 0. The second-order valence-corrected chi connectivity index (χ2v) is 6.97. The van der Waals surface area contributed by atoms with Gasteiger partial charge in [0, 0.05) is 26.2 Å². The predicted octanol–water partition coefficient (Wildman–Crippen LogP) is 3.94. The van der Waals surface area contributed by atoms with Crippen LogP contribution in [0.4, 0.5) is 4.39 Å². The van der Waals surface area contributed by atoms with Gasteiger partial charge in [0.05, 0.1) is 6.10 Å². The quantitative estimate of drug-likeness (QED) is 0.822. The van der Waals surface area contributed by atoms with Gasteiger partial charge in [0.2, 0.25) is 0 Å². The van der Waals surface area contributed by atoms with Gasteiger partial charge in [-0.2, -0.15) is 0 Å². The summed E-state index contributed by atoms with van der Waals surface area (Å²) in [4.78, 5) is 2.50. The number of halogens is 1. The first-order chi connectivity index (χ1) is 12.3. The molecular weight excluding hydrogens is 317 g/mol. The van der Waals surface area contributed by atoms with Crippen LogP contribution in [-0.2, 0) is 24.3 Å². The van der Waals surface area contributed by atoms with Gasteiger partial charge in [-0.3, -0.25) is 4.90 Å². The molecule has 2 aliphatic heterocycles. The molecule has 1 fully saturated rings. The Balaban J connectivity index is 1.35. The monoisotopic (exact) mass is 341 g/mol. The summed E-state index contributed by atoms with van der Waals surface area (Å²) in [5, 5.41) is 0. The number of fused-ring (bicyclic) bond motifs is 1. The Labute approximate surface area is 148 Å². The van der Waals surface area contributed by atoms with Crippen LogP contribution in [0.3, 0.4) is 0 Å². The number of rotatable bonds is 5. The molecule has 132 valence electrons. The summed E-state index contributed by atoms with van der Waals surface area (Å²) >= 11 is 0. The first-order valence-electron chi connectivity index (χ1n) is 9.09. The lowest BCUT2D eigenvalue weighted by Crippen LogP contribution is -2.36. The standard InChI is InChI=1S/C21H24FNO2/c22-19-6-3-16(4-7-19)15-25-20-8-5-18-13-23(10-9-17(18)12-20)14-21-2-1-11-24-21/h3-8,12,21H,1-2,9-11,13-15H2. The van der Waals surface area contributed by atoms with E-state index < -0.39 is 0 Å². The molecule has 2 heterocycles. The molecule has 4 heteroatoms. The Morgan fingerprint density at radius 1 is 1.12 bits per heavy atom. The maximum Gasteiger partial charge on any atom is 0.123 e. The van der Waals surface area contributed by atoms with Crippen molar-refractivity contribution in [3.05, 3.63) is 65.0 Å². The van der Waals surface area contributed by atoms with Crippen LogP contribution in [0.25, 0.3) is 0 Å². The van der Waals surface area contributed by atoms with E-state index in [1.54, 1.807) is 12.1 Å². The highest BCUT2D eigenvalue weighted by Crippen LogP contribution is 2.25. The summed E-state index contributed by atoms with van der Waals surface area (Å²) in [7, 11) is 0. The third-order valence-corrected chi connectivity index (χ3v) is 5.07. The zero-order valence-electron chi connectivity index (χ0n) is 14.4. The zero-order valence-corrected chi connectivity index (χ0v) is 14.4. The van der Waals surface area contributed by atoms with Crippen LogP contribution in [0.15, 0.2) is 42.5 Å². The number of nitrogens with zero attached hydrogens (tertiary/aromatic N) is 1. The van der Waals surface area contributed by atoms with E-state index in [9.17, 15) is 4.39 Å². The van der Waals surface area contributed by atoms with Crippen LogP contribution in [0, 0.1) is 5.82 Å². The van der Waals surface area contributed by atoms with Gasteiger partial charge in [-0.05, 0) is 60.2 Å². The normalized spacial score (nSPS) is 20.4. The lowest BCUT2D eigenvalue weighted by atomic mass is 9.99. The molecule has 0 aliphatic carbocycles. The van der Waals surface area contributed by atoms with Gasteiger partial charge in [-0.15, -0.1) is 0 Å². The Morgan fingerprint density at radius 3 is 2.80 bits per heavy atom. The number of benzene rings is 2. The van der Waals surface area contributed by atoms with Crippen LogP contribution < -0.4 is 4.74 Å². The van der Waals surface area contributed by atoms with Gasteiger partial charge in [-0.1, -0.05) is 18.2 Å².